The van der Waals surface area contributed by atoms with Crippen molar-refractivity contribution in [2.75, 3.05) is 6.54 Å². The van der Waals surface area contributed by atoms with Crippen LogP contribution < -0.4 is 10.1 Å². The Labute approximate surface area is 199 Å². The number of aryl methyl sites for hydroxylation is 2. The molecule has 1 heterocycles. The van der Waals surface area contributed by atoms with Crippen LogP contribution in [0, 0.1) is 17.0 Å². The summed E-state index contributed by atoms with van der Waals surface area (Å²) in [6.45, 7) is 2.97. The van der Waals surface area contributed by atoms with Crippen LogP contribution in [0.1, 0.15) is 28.0 Å². The summed E-state index contributed by atoms with van der Waals surface area (Å²) in [7, 11) is 0. The fourth-order valence-corrected chi connectivity index (χ4v) is 3.47. The van der Waals surface area contributed by atoms with Gasteiger partial charge in [0.05, 0.1) is 15.6 Å². The van der Waals surface area contributed by atoms with Gasteiger partial charge in [-0.05, 0) is 37.1 Å². The van der Waals surface area contributed by atoms with E-state index in [-0.39, 0.29) is 23.2 Å². The Hall–Kier alpha value is -2.81. The second-order valence-corrected chi connectivity index (χ2v) is 8.02. The van der Waals surface area contributed by atoms with Crippen molar-refractivity contribution in [1.82, 2.24) is 15.1 Å². The van der Waals surface area contributed by atoms with E-state index in [1.807, 2.05) is 0 Å². The van der Waals surface area contributed by atoms with Gasteiger partial charge in [-0.3, -0.25) is 19.6 Å². The minimum Gasteiger partial charge on any atom is -0.487 e. The summed E-state index contributed by atoms with van der Waals surface area (Å²) in [6.07, 6.45) is 0.644. The maximum absolute atomic E-state index is 12.3. The second kappa shape index (κ2) is 10.7. The predicted molar refractivity (Wildman–Crippen MR) is 123 cm³/mol. The molecule has 0 unspecified atom stereocenters. The largest absolute Gasteiger partial charge is 0.487 e. The van der Waals surface area contributed by atoms with E-state index in [0.29, 0.717) is 46.7 Å². The molecule has 0 aliphatic carbocycles. The van der Waals surface area contributed by atoms with Crippen LogP contribution in [0.15, 0.2) is 42.5 Å². The molecule has 0 radical (unpaired) electrons. The molecule has 1 amide bonds. The van der Waals surface area contributed by atoms with E-state index in [2.05, 4.69) is 10.4 Å². The number of hydrogen-bond donors (Lipinski definition) is 1. The first-order valence-electron chi connectivity index (χ1n) is 9.58. The van der Waals surface area contributed by atoms with Gasteiger partial charge in [0, 0.05) is 30.8 Å². The maximum Gasteiger partial charge on any atom is 0.271 e. The van der Waals surface area contributed by atoms with Gasteiger partial charge < -0.3 is 10.1 Å². The quantitative estimate of drug-likeness (QED) is 0.240. The minimum absolute atomic E-state index is 0.107. The number of carbonyl (C=O) groups excluding carboxylic acids is 1. The number of amides is 1. The second-order valence-electron chi connectivity index (χ2n) is 6.88. The number of nitro groups is 1. The van der Waals surface area contributed by atoms with Gasteiger partial charge in [0.15, 0.2) is 0 Å². The van der Waals surface area contributed by atoms with E-state index in [4.69, 9.17) is 39.5 Å². The summed E-state index contributed by atoms with van der Waals surface area (Å²) in [5, 5.41) is 18.8. The van der Waals surface area contributed by atoms with Crippen LogP contribution in [-0.4, -0.2) is 27.2 Å². The molecule has 0 bridgehead atoms. The molecule has 0 aliphatic heterocycles. The summed E-state index contributed by atoms with van der Waals surface area (Å²) in [4.78, 5) is 22.6. The molecule has 11 heteroatoms. The molecule has 1 aromatic heterocycles. The number of halogens is 3. The van der Waals surface area contributed by atoms with Crippen molar-refractivity contribution in [2.45, 2.75) is 26.5 Å². The standard InChI is InChI=1S/C21H19Cl3N4O4/c1-13-19(23)20(24)27(26-13)10-2-9-25-21(29)15-5-3-14(4-6-15)12-32-18-8-7-16(28(30)31)11-17(18)22/h3-8,11H,2,9-10,12H2,1H3,(H,25,29). The van der Waals surface area contributed by atoms with E-state index >= 15 is 0 Å². The summed E-state index contributed by atoms with van der Waals surface area (Å²) in [6, 6.07) is 10.9. The summed E-state index contributed by atoms with van der Waals surface area (Å²) < 4.78 is 7.22. The predicted octanol–water partition coefficient (Wildman–Crippen LogP) is 5.46. The Balaban J connectivity index is 1.46. The molecule has 32 heavy (non-hydrogen) atoms. The van der Waals surface area contributed by atoms with Crippen LogP contribution in [0.5, 0.6) is 5.75 Å². The van der Waals surface area contributed by atoms with E-state index < -0.39 is 4.92 Å². The number of nitrogens with one attached hydrogen (secondary N) is 1. The zero-order chi connectivity index (χ0) is 23.3. The number of hydrogen-bond acceptors (Lipinski definition) is 5. The molecule has 0 atom stereocenters. The Morgan fingerprint density at radius 1 is 1.19 bits per heavy atom. The van der Waals surface area contributed by atoms with Crippen LogP contribution in [0.3, 0.4) is 0 Å². The van der Waals surface area contributed by atoms with Crippen LogP contribution in [0.2, 0.25) is 15.2 Å². The molecular formula is C21H19Cl3N4O4. The number of ether oxygens (including phenoxy) is 1. The third-order valence-corrected chi connectivity index (χ3v) is 5.79. The monoisotopic (exact) mass is 496 g/mol. The van der Waals surface area contributed by atoms with E-state index in [1.165, 1.54) is 18.2 Å². The summed E-state index contributed by atoms with van der Waals surface area (Å²) >= 11 is 18.1. The van der Waals surface area contributed by atoms with Gasteiger partial charge in [-0.25, -0.2) is 0 Å². The van der Waals surface area contributed by atoms with E-state index in [1.54, 1.807) is 35.9 Å². The average Bonchev–Trinajstić information content (AvgIpc) is 3.02. The number of carbonyl (C=O) groups is 1. The van der Waals surface area contributed by atoms with E-state index in [0.717, 1.165) is 5.56 Å². The molecule has 0 saturated heterocycles. The first-order chi connectivity index (χ1) is 15.3. The molecule has 0 fully saturated rings. The molecule has 2 aromatic carbocycles. The summed E-state index contributed by atoms with van der Waals surface area (Å²) in [5.41, 5.74) is 1.89. The topological polar surface area (TPSA) is 99.3 Å². The van der Waals surface area contributed by atoms with Gasteiger partial charge in [0.2, 0.25) is 0 Å². The Morgan fingerprint density at radius 3 is 2.50 bits per heavy atom. The number of nitrogens with zero attached hydrogens (tertiary/aromatic N) is 3. The number of non-ortho nitro benzene ring substituents is 1. The molecule has 0 spiro atoms. The molecule has 0 saturated carbocycles. The minimum atomic E-state index is -0.525. The van der Waals surface area contributed by atoms with Gasteiger partial charge in [-0.1, -0.05) is 46.9 Å². The Kier molecular flexibility index (Phi) is 7.95. The van der Waals surface area contributed by atoms with Crippen LogP contribution >= 0.6 is 34.8 Å². The van der Waals surface area contributed by atoms with Gasteiger partial charge >= 0.3 is 0 Å². The third kappa shape index (κ3) is 5.91. The van der Waals surface area contributed by atoms with Crippen molar-refractivity contribution in [2.24, 2.45) is 0 Å². The Bertz CT molecular complexity index is 1130. The van der Waals surface area contributed by atoms with Crippen molar-refractivity contribution in [1.29, 1.82) is 0 Å². The highest BCUT2D eigenvalue weighted by atomic mass is 35.5. The molecule has 3 rings (SSSR count). The number of aromatic nitrogens is 2. The number of rotatable bonds is 9. The van der Waals surface area contributed by atoms with Crippen molar-refractivity contribution in [3.63, 3.8) is 0 Å². The zero-order valence-corrected chi connectivity index (χ0v) is 19.2. The fourth-order valence-electron chi connectivity index (χ4n) is 2.85. The van der Waals surface area contributed by atoms with E-state index in [9.17, 15) is 14.9 Å². The maximum atomic E-state index is 12.3. The fraction of sp³-hybridized carbons (Fsp3) is 0.238. The first kappa shape index (κ1) is 23.8. The molecule has 0 aliphatic rings. The van der Waals surface area contributed by atoms with Gasteiger partial charge in [0.25, 0.3) is 11.6 Å². The lowest BCUT2D eigenvalue weighted by Gasteiger charge is -2.09. The van der Waals surface area contributed by atoms with Crippen LogP contribution in [0.4, 0.5) is 5.69 Å². The van der Waals surface area contributed by atoms with Crippen molar-refractivity contribution >= 4 is 46.4 Å². The van der Waals surface area contributed by atoms with Crippen molar-refractivity contribution in [3.05, 3.63) is 84.6 Å². The molecule has 8 nitrogen and oxygen atoms in total. The molecule has 168 valence electrons. The zero-order valence-electron chi connectivity index (χ0n) is 17.0. The van der Waals surface area contributed by atoms with Crippen molar-refractivity contribution in [3.8, 4) is 5.75 Å². The Morgan fingerprint density at radius 2 is 1.91 bits per heavy atom. The smallest absolute Gasteiger partial charge is 0.271 e. The van der Waals surface area contributed by atoms with Gasteiger partial charge in [-0.2, -0.15) is 5.10 Å². The lowest BCUT2D eigenvalue weighted by molar-refractivity contribution is -0.384. The molecular weight excluding hydrogens is 479 g/mol. The van der Waals surface area contributed by atoms with Crippen molar-refractivity contribution < 1.29 is 14.5 Å². The number of benzene rings is 2. The SMILES string of the molecule is Cc1nn(CCCNC(=O)c2ccc(COc3ccc([N+](=O)[O-])cc3Cl)cc2)c(Cl)c1Cl. The van der Waals surface area contributed by atoms with Gasteiger partial charge in [0.1, 0.15) is 22.5 Å². The lowest BCUT2D eigenvalue weighted by atomic mass is 10.1. The molecule has 1 N–H and O–H groups in total. The van der Waals surface area contributed by atoms with Crippen LogP contribution in [0.25, 0.3) is 0 Å². The highest BCUT2D eigenvalue weighted by Crippen LogP contribution is 2.29. The summed E-state index contributed by atoms with van der Waals surface area (Å²) in [5.74, 6) is 0.143. The average molecular weight is 498 g/mol. The highest BCUT2D eigenvalue weighted by Gasteiger charge is 2.12. The molecule has 3 aromatic rings. The number of nitro benzene ring substituents is 1. The normalized spacial score (nSPS) is 10.8. The highest BCUT2D eigenvalue weighted by molar-refractivity contribution is 6.41. The van der Waals surface area contributed by atoms with Crippen LogP contribution in [-0.2, 0) is 13.2 Å². The lowest BCUT2D eigenvalue weighted by Crippen LogP contribution is -2.25. The first-order valence-corrected chi connectivity index (χ1v) is 10.7. The third-order valence-electron chi connectivity index (χ3n) is 4.57. The van der Waals surface area contributed by atoms with Gasteiger partial charge in [-0.15, -0.1) is 0 Å².